The van der Waals surface area contributed by atoms with Gasteiger partial charge < -0.3 is 39.9 Å². The normalized spacial score (nSPS) is 17.5. The van der Waals surface area contributed by atoms with Crippen molar-refractivity contribution in [2.75, 3.05) is 27.3 Å². The second-order valence-corrected chi connectivity index (χ2v) is 17.2. The van der Waals surface area contributed by atoms with Gasteiger partial charge >= 0.3 is 12.2 Å². The molecule has 4 heterocycles. The molecule has 0 aliphatic carbocycles. The zero-order valence-electron chi connectivity index (χ0n) is 37.1. The van der Waals surface area contributed by atoms with Gasteiger partial charge in [-0.3, -0.25) is 9.59 Å². The van der Waals surface area contributed by atoms with Crippen LogP contribution in [0.3, 0.4) is 0 Å². The summed E-state index contributed by atoms with van der Waals surface area (Å²) in [7, 11) is 2.54. The lowest BCUT2D eigenvalue weighted by Gasteiger charge is -2.29. The summed E-state index contributed by atoms with van der Waals surface area (Å²) in [6.07, 6.45) is 8.79. The monoisotopic (exact) mass is 896 g/mol. The summed E-state index contributed by atoms with van der Waals surface area (Å²) in [6.45, 7) is 10.8. The molecule has 0 bridgehead atoms. The molecule has 2 saturated heterocycles. The molecule has 0 unspecified atom stereocenters. The van der Waals surface area contributed by atoms with Crippen molar-refractivity contribution in [1.82, 2.24) is 40.4 Å². The number of allylic oxidation sites excluding steroid dienone is 3. The quantitative estimate of drug-likeness (QED) is 0.0879. The van der Waals surface area contributed by atoms with Crippen LogP contribution in [0, 0.1) is 5.92 Å². The van der Waals surface area contributed by atoms with E-state index in [4.69, 9.17) is 31.0 Å². The molecule has 8 rings (SSSR count). The number of carbonyl (C=O) groups excluding carboxylic acids is 4. The fraction of sp³-hybridized carbons (Fsp3) is 0.320. The van der Waals surface area contributed by atoms with Gasteiger partial charge in [-0.25, -0.2) is 19.6 Å². The highest BCUT2D eigenvalue weighted by atomic mass is 35.5. The summed E-state index contributed by atoms with van der Waals surface area (Å²) in [4.78, 5) is 72.3. The highest BCUT2D eigenvalue weighted by molar-refractivity contribution is 6.32. The first-order valence-electron chi connectivity index (χ1n) is 21.9. The van der Waals surface area contributed by atoms with E-state index in [0.29, 0.717) is 41.8 Å². The van der Waals surface area contributed by atoms with Gasteiger partial charge in [-0.2, -0.15) is 0 Å². The Morgan fingerprint density at radius 2 is 1.35 bits per heavy atom. The molecule has 0 saturated carbocycles. The van der Waals surface area contributed by atoms with Crippen LogP contribution in [0.4, 0.5) is 9.59 Å². The summed E-state index contributed by atoms with van der Waals surface area (Å²) in [5.41, 5.74) is 5.68. The van der Waals surface area contributed by atoms with Crippen LogP contribution in [0.2, 0.25) is 5.15 Å². The molecule has 0 spiro atoms. The number of nitrogens with zero attached hydrogens (tertiary/aromatic N) is 4. The maximum atomic E-state index is 14.0. The number of rotatable bonds is 12. The number of nitrogens with one attached hydrogen (secondary N) is 4. The van der Waals surface area contributed by atoms with Gasteiger partial charge in [0.15, 0.2) is 0 Å². The Balaban J connectivity index is 1.01. The Labute approximate surface area is 382 Å². The van der Waals surface area contributed by atoms with Crippen LogP contribution in [0.15, 0.2) is 103 Å². The Bertz CT molecular complexity index is 2880. The number of aromatic nitrogens is 4. The predicted molar refractivity (Wildman–Crippen MR) is 253 cm³/mol. The average molecular weight is 897 g/mol. The minimum Gasteiger partial charge on any atom is -0.453 e. The number of benzene rings is 4. The number of amides is 4. The van der Waals surface area contributed by atoms with Gasteiger partial charge in [0.1, 0.15) is 34.6 Å². The molecule has 65 heavy (non-hydrogen) atoms. The van der Waals surface area contributed by atoms with E-state index in [1.165, 1.54) is 14.2 Å². The van der Waals surface area contributed by atoms with Gasteiger partial charge in [0.05, 0.1) is 37.3 Å². The molecule has 14 nitrogen and oxygen atoms in total. The number of carbonyl (C=O) groups is 4. The second kappa shape index (κ2) is 19.0. The van der Waals surface area contributed by atoms with Crippen molar-refractivity contribution in [3.05, 3.63) is 120 Å². The van der Waals surface area contributed by atoms with Crippen molar-refractivity contribution in [2.45, 2.75) is 70.6 Å². The number of imidazole rings is 2. The van der Waals surface area contributed by atoms with Crippen molar-refractivity contribution >= 4 is 68.2 Å². The lowest BCUT2D eigenvalue weighted by molar-refractivity contribution is -0.135. The standard InChI is InChI=1S/C50H53ClN8O6/c1-7-8-9-12-29(4)41(56-50(63)65-6)48(61)59-24-11-14-39(59)46-53-42(44(51)57-46)35-18-17-31-25-30(15-16-32(31)27-35)33-19-21-36-34(26-33)20-22-37-43(36)54-45(52-37)38-13-10-23-58(38)47(60)40(28(2)3)55-49(62)64-5/h7-9,12,15-22,25-28,38-41H,4,10-11,13-14,23-24H2,1-3,5-6H3,(H,52,54)(H,53,57)(H,55,62)(H,56,63)/b8-7-,12-9-/t38-,39-,40-,41+/m0/s1. The van der Waals surface area contributed by atoms with Crippen LogP contribution < -0.4 is 10.6 Å². The van der Waals surface area contributed by atoms with Crippen LogP contribution >= 0.6 is 11.6 Å². The molecule has 4 amide bonds. The van der Waals surface area contributed by atoms with Gasteiger partial charge in [0.2, 0.25) is 5.91 Å². The van der Waals surface area contributed by atoms with E-state index in [2.05, 4.69) is 81.8 Å². The average Bonchev–Trinajstić information content (AvgIpc) is 4.15. The fourth-order valence-corrected chi connectivity index (χ4v) is 9.25. The van der Waals surface area contributed by atoms with E-state index in [9.17, 15) is 19.2 Å². The third-order valence-corrected chi connectivity index (χ3v) is 12.7. The molecule has 336 valence electrons. The lowest BCUT2D eigenvalue weighted by atomic mass is 9.97. The van der Waals surface area contributed by atoms with Crippen molar-refractivity contribution in [2.24, 2.45) is 5.92 Å². The molecule has 2 aliphatic heterocycles. The molecule has 2 aromatic heterocycles. The summed E-state index contributed by atoms with van der Waals surface area (Å²) < 4.78 is 9.61. The maximum absolute atomic E-state index is 14.0. The number of H-pyrrole nitrogens is 2. The topological polar surface area (TPSA) is 175 Å². The van der Waals surface area contributed by atoms with Crippen molar-refractivity contribution in [3.63, 3.8) is 0 Å². The maximum Gasteiger partial charge on any atom is 0.407 e. The summed E-state index contributed by atoms with van der Waals surface area (Å²) in [5.74, 6) is 0.720. The lowest BCUT2D eigenvalue weighted by Crippen LogP contribution is -2.51. The van der Waals surface area contributed by atoms with Crippen LogP contribution in [0.5, 0.6) is 0 Å². The number of alkyl carbamates (subject to hydrolysis) is 2. The van der Waals surface area contributed by atoms with Crippen molar-refractivity contribution in [3.8, 4) is 22.4 Å². The van der Waals surface area contributed by atoms with Gasteiger partial charge in [-0.1, -0.05) is 98.8 Å². The minimum atomic E-state index is -1.02. The Morgan fingerprint density at radius 1 is 0.769 bits per heavy atom. The van der Waals surface area contributed by atoms with Crippen LogP contribution in [-0.2, 0) is 19.1 Å². The number of methoxy groups -OCH3 is 2. The highest BCUT2D eigenvalue weighted by Crippen LogP contribution is 2.38. The first-order chi connectivity index (χ1) is 31.4. The number of likely N-dealkylation sites (tertiary alicyclic amines) is 2. The molecular weight excluding hydrogens is 844 g/mol. The van der Waals surface area contributed by atoms with Gasteiger partial charge in [0.25, 0.3) is 5.91 Å². The van der Waals surface area contributed by atoms with Crippen LogP contribution in [-0.4, -0.2) is 93.1 Å². The van der Waals surface area contributed by atoms with E-state index in [0.717, 1.165) is 74.4 Å². The largest absolute Gasteiger partial charge is 0.453 e. The van der Waals surface area contributed by atoms with E-state index < -0.39 is 24.3 Å². The Morgan fingerprint density at radius 3 is 2.02 bits per heavy atom. The van der Waals surface area contributed by atoms with Crippen molar-refractivity contribution < 1.29 is 28.7 Å². The minimum absolute atomic E-state index is 0.121. The zero-order chi connectivity index (χ0) is 45.9. The number of aromatic amines is 2. The number of hydrogen-bond acceptors (Lipinski definition) is 8. The number of halogens is 1. The molecule has 4 aromatic carbocycles. The summed E-state index contributed by atoms with van der Waals surface area (Å²) in [6, 6.07) is 20.6. The number of hydrogen-bond donors (Lipinski definition) is 4. The molecule has 6 aromatic rings. The Kier molecular flexibility index (Phi) is 13.1. The smallest absolute Gasteiger partial charge is 0.407 e. The zero-order valence-corrected chi connectivity index (χ0v) is 37.9. The third kappa shape index (κ3) is 9.08. The number of ether oxygens (including phenoxy) is 2. The van der Waals surface area contributed by atoms with Gasteiger partial charge in [0, 0.05) is 24.0 Å². The molecular formula is C50H53ClN8O6. The SMILES string of the molecule is C=C(/C=C\C=C/C)[C@@H](NC(=O)OC)C(=O)N1CCC[C@H]1c1nc(-c2ccc3cc(-c4ccc5c(ccc6[nH]c([C@@H]7CCCN7C(=O)[C@@H](NC(=O)OC)C(C)C)nc65)c4)ccc3c2)c(Cl)[nH]1. The molecule has 2 fully saturated rings. The summed E-state index contributed by atoms with van der Waals surface area (Å²) >= 11 is 6.83. The number of fused-ring (bicyclic) bond motifs is 4. The molecule has 2 aliphatic rings. The van der Waals surface area contributed by atoms with Gasteiger partial charge in [-0.15, -0.1) is 0 Å². The summed E-state index contributed by atoms with van der Waals surface area (Å²) in [5, 5.41) is 9.83. The van der Waals surface area contributed by atoms with Crippen LogP contribution in [0.1, 0.15) is 70.2 Å². The third-order valence-electron chi connectivity index (χ3n) is 12.4. The first-order valence-corrected chi connectivity index (χ1v) is 22.3. The predicted octanol–water partition coefficient (Wildman–Crippen LogP) is 9.70. The van der Waals surface area contributed by atoms with Gasteiger partial charge in [-0.05, 0) is 95.6 Å². The highest BCUT2D eigenvalue weighted by Gasteiger charge is 2.39. The molecule has 4 atom stereocenters. The van der Waals surface area contributed by atoms with E-state index in [-0.39, 0.29) is 29.8 Å². The first kappa shape index (κ1) is 44.7. The van der Waals surface area contributed by atoms with E-state index in [1.54, 1.807) is 17.1 Å². The molecule has 15 heteroatoms. The van der Waals surface area contributed by atoms with Crippen LogP contribution in [0.25, 0.3) is 55.0 Å². The molecule has 0 radical (unpaired) electrons. The second-order valence-electron chi connectivity index (χ2n) is 16.8. The van der Waals surface area contributed by atoms with E-state index >= 15 is 0 Å². The van der Waals surface area contributed by atoms with Crippen molar-refractivity contribution in [1.29, 1.82) is 0 Å². The molecule has 4 N–H and O–H groups in total. The van der Waals surface area contributed by atoms with E-state index in [1.807, 2.05) is 50.0 Å². The fourth-order valence-electron chi connectivity index (χ4n) is 9.00. The Hall–Kier alpha value is -6.93.